The normalized spacial score (nSPS) is 22.2. The van der Waals surface area contributed by atoms with Crippen LogP contribution in [0, 0.1) is 11.8 Å². The monoisotopic (exact) mass is 467 g/mol. The van der Waals surface area contributed by atoms with Gasteiger partial charge in [-0.1, -0.05) is 48.0 Å². The van der Waals surface area contributed by atoms with Crippen LogP contribution in [0.25, 0.3) is 0 Å². The van der Waals surface area contributed by atoms with Gasteiger partial charge in [-0.25, -0.2) is 13.1 Å². The van der Waals surface area contributed by atoms with Crippen molar-refractivity contribution in [1.82, 2.24) is 4.72 Å². The Morgan fingerprint density at radius 1 is 0.875 bits per heavy atom. The minimum absolute atomic E-state index is 0.0265. The molecule has 0 amide bonds. The van der Waals surface area contributed by atoms with Crippen molar-refractivity contribution in [2.24, 2.45) is 11.8 Å². The van der Waals surface area contributed by atoms with E-state index in [-0.39, 0.29) is 6.04 Å². The van der Waals surface area contributed by atoms with E-state index >= 15 is 0 Å². The molecule has 0 radical (unpaired) electrons. The molecule has 1 saturated carbocycles. The second-order valence-electron chi connectivity index (χ2n) is 8.81. The molecule has 0 spiro atoms. The number of sulfonamides is 1. The predicted molar refractivity (Wildman–Crippen MR) is 126 cm³/mol. The Morgan fingerprint density at radius 3 is 2.28 bits per heavy atom. The molecule has 32 heavy (non-hydrogen) atoms. The Bertz CT molecular complexity index is 1200. The van der Waals surface area contributed by atoms with Gasteiger partial charge in [0.1, 0.15) is 12.4 Å². The molecule has 1 fully saturated rings. The summed E-state index contributed by atoms with van der Waals surface area (Å²) >= 11 is 5.94. The van der Waals surface area contributed by atoms with Gasteiger partial charge in [-0.05, 0) is 90.6 Å². The molecule has 3 unspecified atom stereocenters. The van der Waals surface area contributed by atoms with E-state index in [1.54, 1.807) is 24.3 Å². The van der Waals surface area contributed by atoms with Gasteiger partial charge < -0.3 is 4.74 Å². The number of ether oxygens (including phenoxy) is 1. The molecule has 3 aromatic rings. The van der Waals surface area contributed by atoms with Crippen LogP contribution in [0.5, 0.6) is 5.75 Å². The van der Waals surface area contributed by atoms with Gasteiger partial charge in [-0.2, -0.15) is 0 Å². The quantitative estimate of drug-likeness (QED) is 0.528. The highest BCUT2D eigenvalue weighted by Gasteiger charge is 2.41. The fraction of sp³-hybridized carbons (Fsp3) is 0.308. The van der Waals surface area contributed by atoms with Crippen molar-refractivity contribution in [2.75, 3.05) is 0 Å². The minimum atomic E-state index is -3.52. The summed E-state index contributed by atoms with van der Waals surface area (Å²) in [6.07, 6.45) is 3.92. The summed E-state index contributed by atoms with van der Waals surface area (Å²) in [5.41, 5.74) is 3.77. The summed E-state index contributed by atoms with van der Waals surface area (Å²) in [6.45, 7) is 0.493. The minimum Gasteiger partial charge on any atom is -0.489 e. The van der Waals surface area contributed by atoms with Crippen LogP contribution in [0.2, 0.25) is 5.02 Å². The number of rotatable bonds is 6. The topological polar surface area (TPSA) is 55.4 Å². The van der Waals surface area contributed by atoms with E-state index in [0.29, 0.717) is 28.4 Å². The molecule has 1 N–H and O–H groups in total. The Morgan fingerprint density at radius 2 is 1.56 bits per heavy atom. The van der Waals surface area contributed by atoms with Gasteiger partial charge in [0, 0.05) is 11.1 Å². The molecule has 6 heteroatoms. The highest BCUT2D eigenvalue weighted by molar-refractivity contribution is 7.89. The zero-order valence-corrected chi connectivity index (χ0v) is 19.3. The third kappa shape index (κ3) is 4.56. The molecule has 0 heterocycles. The molecule has 0 saturated heterocycles. The largest absolute Gasteiger partial charge is 0.489 e. The Hall–Kier alpha value is -2.34. The summed E-state index contributed by atoms with van der Waals surface area (Å²) in [4.78, 5) is 0.336. The molecule has 0 aliphatic heterocycles. The molecular weight excluding hydrogens is 442 g/mol. The van der Waals surface area contributed by atoms with Gasteiger partial charge in [0.25, 0.3) is 0 Å². The maximum absolute atomic E-state index is 13.0. The van der Waals surface area contributed by atoms with Crippen LogP contribution in [-0.2, 0) is 29.5 Å². The van der Waals surface area contributed by atoms with Crippen molar-refractivity contribution < 1.29 is 13.2 Å². The smallest absolute Gasteiger partial charge is 0.240 e. The number of hydrogen-bond donors (Lipinski definition) is 1. The van der Waals surface area contributed by atoms with Crippen LogP contribution in [0.4, 0.5) is 0 Å². The second-order valence-corrected chi connectivity index (χ2v) is 11.0. The summed E-state index contributed by atoms with van der Waals surface area (Å²) in [5, 5.41) is 0.690. The predicted octanol–water partition coefficient (Wildman–Crippen LogP) is 5.39. The van der Waals surface area contributed by atoms with Crippen molar-refractivity contribution in [1.29, 1.82) is 0 Å². The SMILES string of the molecule is O=S(=O)(NC1C2CCC1Cc1cc(COc3ccc(Cl)cc3)ccc1C2)c1ccccc1. The van der Waals surface area contributed by atoms with Gasteiger partial charge in [0.05, 0.1) is 4.90 Å². The van der Waals surface area contributed by atoms with Crippen molar-refractivity contribution in [3.63, 3.8) is 0 Å². The van der Waals surface area contributed by atoms with E-state index in [4.69, 9.17) is 16.3 Å². The van der Waals surface area contributed by atoms with Crippen molar-refractivity contribution in [3.05, 3.63) is 94.5 Å². The summed E-state index contributed by atoms with van der Waals surface area (Å²) < 4.78 is 34.9. The fourth-order valence-electron chi connectivity index (χ4n) is 5.09. The Kier molecular flexibility index (Phi) is 5.97. The Labute approximate surface area is 194 Å². The maximum atomic E-state index is 13.0. The lowest BCUT2D eigenvalue weighted by Crippen LogP contribution is -2.41. The van der Waals surface area contributed by atoms with Gasteiger partial charge in [0.15, 0.2) is 0 Å². The lowest BCUT2D eigenvalue weighted by atomic mass is 9.92. The highest BCUT2D eigenvalue weighted by atomic mass is 35.5. The van der Waals surface area contributed by atoms with Gasteiger partial charge in [0.2, 0.25) is 10.0 Å². The van der Waals surface area contributed by atoms with E-state index in [1.165, 1.54) is 11.1 Å². The van der Waals surface area contributed by atoms with Crippen LogP contribution in [-0.4, -0.2) is 14.5 Å². The second kappa shape index (κ2) is 8.89. The molecule has 0 aromatic heterocycles. The van der Waals surface area contributed by atoms with E-state index < -0.39 is 10.0 Å². The summed E-state index contributed by atoms with van der Waals surface area (Å²) in [6, 6.07) is 22.6. The zero-order valence-electron chi connectivity index (χ0n) is 17.7. The molecule has 2 bridgehead atoms. The van der Waals surface area contributed by atoms with Gasteiger partial charge in [-0.15, -0.1) is 0 Å². The van der Waals surface area contributed by atoms with E-state index in [0.717, 1.165) is 37.0 Å². The van der Waals surface area contributed by atoms with E-state index in [2.05, 4.69) is 22.9 Å². The summed E-state index contributed by atoms with van der Waals surface area (Å²) in [5.74, 6) is 1.43. The fourth-order valence-corrected chi connectivity index (χ4v) is 6.61. The van der Waals surface area contributed by atoms with Crippen molar-refractivity contribution in [2.45, 2.75) is 43.2 Å². The average molecular weight is 468 g/mol. The van der Waals surface area contributed by atoms with E-state index in [9.17, 15) is 8.42 Å². The van der Waals surface area contributed by atoms with E-state index in [1.807, 2.05) is 30.3 Å². The lowest BCUT2D eigenvalue weighted by molar-refractivity contribution is 0.306. The lowest BCUT2D eigenvalue weighted by Gasteiger charge is -2.23. The highest BCUT2D eigenvalue weighted by Crippen LogP contribution is 2.41. The molecule has 2 aliphatic rings. The molecule has 166 valence electrons. The number of hydrogen-bond acceptors (Lipinski definition) is 3. The van der Waals surface area contributed by atoms with Crippen molar-refractivity contribution in [3.8, 4) is 5.75 Å². The first-order valence-electron chi connectivity index (χ1n) is 11.0. The third-order valence-corrected chi connectivity index (χ3v) is 8.45. The zero-order chi connectivity index (χ0) is 22.1. The molecule has 3 aromatic carbocycles. The van der Waals surface area contributed by atoms with Crippen LogP contribution in [0.15, 0.2) is 77.7 Å². The number of benzene rings is 3. The first-order chi connectivity index (χ1) is 15.5. The average Bonchev–Trinajstić information content (AvgIpc) is 3.07. The molecule has 2 aliphatic carbocycles. The number of nitrogens with one attached hydrogen (secondary N) is 1. The number of fused-ring (bicyclic) bond motifs is 3. The van der Waals surface area contributed by atoms with Gasteiger partial charge >= 0.3 is 0 Å². The first-order valence-corrected chi connectivity index (χ1v) is 12.9. The van der Waals surface area contributed by atoms with Crippen molar-refractivity contribution >= 4 is 21.6 Å². The summed E-state index contributed by atoms with van der Waals surface area (Å²) in [7, 11) is -3.52. The number of halogens is 1. The maximum Gasteiger partial charge on any atom is 0.240 e. The van der Waals surface area contributed by atoms with Crippen LogP contribution >= 0.6 is 11.6 Å². The third-order valence-electron chi connectivity index (χ3n) is 6.72. The molecule has 3 atom stereocenters. The van der Waals surface area contributed by atoms with Crippen LogP contribution in [0.1, 0.15) is 29.5 Å². The van der Waals surface area contributed by atoms with Gasteiger partial charge in [-0.3, -0.25) is 0 Å². The molecular formula is C26H26ClNO3S. The molecule has 4 nitrogen and oxygen atoms in total. The standard InChI is InChI=1S/C26H26ClNO3S/c27-23-10-12-24(13-11-23)31-17-18-6-7-19-15-20-8-9-21(16-22(19)14-18)26(20)28-32(29,30)25-4-2-1-3-5-25/h1-7,10-14,20-21,26,28H,8-9,15-17H2. The first kappa shape index (κ1) is 21.5. The Balaban J connectivity index is 1.31. The van der Waals surface area contributed by atoms with Crippen LogP contribution < -0.4 is 9.46 Å². The van der Waals surface area contributed by atoms with Crippen LogP contribution in [0.3, 0.4) is 0 Å². The molecule has 5 rings (SSSR count).